The van der Waals surface area contributed by atoms with Crippen molar-refractivity contribution in [2.45, 2.75) is 25.7 Å². The Morgan fingerprint density at radius 2 is 1.55 bits per heavy atom. The first-order valence-electron chi connectivity index (χ1n) is 7.12. The van der Waals surface area contributed by atoms with E-state index in [1.165, 1.54) is 53.0 Å². The van der Waals surface area contributed by atoms with Crippen molar-refractivity contribution >= 4 is 5.95 Å². The zero-order chi connectivity index (χ0) is 14.2. The van der Waals surface area contributed by atoms with Gasteiger partial charge < -0.3 is 19.7 Å². The highest BCUT2D eigenvalue weighted by atomic mass is 16.5. The van der Waals surface area contributed by atoms with Gasteiger partial charge in [-0.25, -0.2) is 0 Å². The molecule has 0 spiro atoms. The summed E-state index contributed by atoms with van der Waals surface area (Å²) in [5.74, 6) is 0.489. The molecule has 0 aliphatic carbocycles. The molecule has 0 saturated carbocycles. The van der Waals surface area contributed by atoms with Crippen molar-refractivity contribution in [3.05, 3.63) is 0 Å². The SMILES string of the molecule is COc1nc(NCCN2CCCCCC2)nc(OC)n1. The van der Waals surface area contributed by atoms with Gasteiger partial charge in [-0.2, -0.15) is 9.97 Å². The lowest BCUT2D eigenvalue weighted by molar-refractivity contribution is 0.295. The minimum absolute atomic E-state index is 0.258. The molecule has 20 heavy (non-hydrogen) atoms. The van der Waals surface area contributed by atoms with E-state index in [4.69, 9.17) is 9.47 Å². The number of rotatable bonds is 6. The topological polar surface area (TPSA) is 72.4 Å². The van der Waals surface area contributed by atoms with Gasteiger partial charge in [0, 0.05) is 13.1 Å². The van der Waals surface area contributed by atoms with Crippen LogP contribution in [0.15, 0.2) is 0 Å². The fourth-order valence-corrected chi connectivity index (χ4v) is 2.29. The molecule has 7 heteroatoms. The number of hydrogen-bond acceptors (Lipinski definition) is 7. The van der Waals surface area contributed by atoms with E-state index in [9.17, 15) is 0 Å². The van der Waals surface area contributed by atoms with Crippen LogP contribution in [-0.2, 0) is 0 Å². The zero-order valence-corrected chi connectivity index (χ0v) is 12.3. The van der Waals surface area contributed by atoms with Gasteiger partial charge in [-0.3, -0.25) is 0 Å². The number of nitrogens with zero attached hydrogens (tertiary/aromatic N) is 4. The standard InChI is InChI=1S/C13H23N5O2/c1-19-12-15-11(16-13(17-12)20-2)14-7-10-18-8-5-3-4-6-9-18/h3-10H2,1-2H3,(H,14,15,16,17). The van der Waals surface area contributed by atoms with E-state index in [1.54, 1.807) is 0 Å². The lowest BCUT2D eigenvalue weighted by atomic mass is 10.2. The molecule has 0 bridgehead atoms. The number of anilines is 1. The van der Waals surface area contributed by atoms with Gasteiger partial charge in [-0.15, -0.1) is 4.98 Å². The summed E-state index contributed by atoms with van der Waals surface area (Å²) in [7, 11) is 3.05. The van der Waals surface area contributed by atoms with E-state index in [0.717, 1.165) is 13.1 Å². The average molecular weight is 281 g/mol. The Kier molecular flexibility index (Phi) is 5.79. The Bertz CT molecular complexity index is 385. The van der Waals surface area contributed by atoms with Gasteiger partial charge in [0.2, 0.25) is 5.95 Å². The molecule has 1 fully saturated rings. The Hall–Kier alpha value is -1.63. The van der Waals surface area contributed by atoms with E-state index in [2.05, 4.69) is 25.2 Å². The smallest absolute Gasteiger partial charge is 0.324 e. The molecule has 1 aromatic rings. The van der Waals surface area contributed by atoms with Crippen LogP contribution in [0.4, 0.5) is 5.95 Å². The predicted octanol–water partition coefficient (Wildman–Crippen LogP) is 1.18. The van der Waals surface area contributed by atoms with Crippen molar-refractivity contribution in [3.8, 4) is 12.0 Å². The Morgan fingerprint density at radius 1 is 0.950 bits per heavy atom. The monoisotopic (exact) mass is 281 g/mol. The lowest BCUT2D eigenvalue weighted by Gasteiger charge is -2.19. The van der Waals surface area contributed by atoms with Gasteiger partial charge >= 0.3 is 12.0 Å². The van der Waals surface area contributed by atoms with Crippen LogP contribution in [0.3, 0.4) is 0 Å². The van der Waals surface area contributed by atoms with Crippen LogP contribution in [0.1, 0.15) is 25.7 Å². The van der Waals surface area contributed by atoms with E-state index in [1.807, 2.05) is 0 Å². The molecule has 0 aromatic carbocycles. The van der Waals surface area contributed by atoms with Crippen LogP contribution < -0.4 is 14.8 Å². The number of ether oxygens (including phenoxy) is 2. The van der Waals surface area contributed by atoms with Gasteiger partial charge in [0.05, 0.1) is 14.2 Å². The molecule has 1 aliphatic rings. The molecule has 1 N–H and O–H groups in total. The van der Waals surface area contributed by atoms with Crippen LogP contribution in [0.2, 0.25) is 0 Å². The van der Waals surface area contributed by atoms with Crippen LogP contribution >= 0.6 is 0 Å². The van der Waals surface area contributed by atoms with E-state index >= 15 is 0 Å². The van der Waals surface area contributed by atoms with E-state index in [-0.39, 0.29) is 12.0 Å². The highest BCUT2D eigenvalue weighted by Gasteiger charge is 2.10. The minimum Gasteiger partial charge on any atom is -0.467 e. The summed E-state index contributed by atoms with van der Waals surface area (Å²) in [4.78, 5) is 14.7. The van der Waals surface area contributed by atoms with Crippen molar-refractivity contribution in [1.82, 2.24) is 19.9 Å². The molecular formula is C13H23N5O2. The molecule has 1 aromatic heterocycles. The normalized spacial score (nSPS) is 16.5. The highest BCUT2D eigenvalue weighted by Crippen LogP contribution is 2.12. The van der Waals surface area contributed by atoms with Gasteiger partial charge in [-0.1, -0.05) is 12.8 Å². The van der Waals surface area contributed by atoms with Crippen LogP contribution in [0.25, 0.3) is 0 Å². The molecule has 0 amide bonds. The second kappa shape index (κ2) is 7.84. The van der Waals surface area contributed by atoms with Crippen molar-refractivity contribution in [3.63, 3.8) is 0 Å². The van der Waals surface area contributed by atoms with Crippen molar-refractivity contribution < 1.29 is 9.47 Å². The summed E-state index contributed by atoms with van der Waals surface area (Å²) in [6.07, 6.45) is 5.30. The predicted molar refractivity (Wildman–Crippen MR) is 76.3 cm³/mol. The first-order chi connectivity index (χ1) is 9.81. The first-order valence-corrected chi connectivity index (χ1v) is 7.12. The second-order valence-electron chi connectivity index (χ2n) is 4.82. The maximum absolute atomic E-state index is 5.02. The Balaban J connectivity index is 1.83. The summed E-state index contributed by atoms with van der Waals surface area (Å²) in [6, 6.07) is 0.517. The van der Waals surface area contributed by atoms with Gasteiger partial charge in [0.15, 0.2) is 0 Å². The number of hydrogen-bond donors (Lipinski definition) is 1. The van der Waals surface area contributed by atoms with Crippen molar-refractivity contribution in [1.29, 1.82) is 0 Å². The number of methoxy groups -OCH3 is 2. The number of nitrogens with one attached hydrogen (secondary N) is 1. The van der Waals surface area contributed by atoms with E-state index < -0.39 is 0 Å². The molecule has 1 saturated heterocycles. The Labute approximate surface area is 119 Å². The fourth-order valence-electron chi connectivity index (χ4n) is 2.29. The Morgan fingerprint density at radius 3 is 2.10 bits per heavy atom. The van der Waals surface area contributed by atoms with E-state index in [0.29, 0.717) is 5.95 Å². The van der Waals surface area contributed by atoms with Crippen LogP contribution in [0.5, 0.6) is 12.0 Å². The third-order valence-corrected chi connectivity index (χ3v) is 3.37. The molecule has 0 radical (unpaired) electrons. The summed E-state index contributed by atoms with van der Waals surface area (Å²) >= 11 is 0. The third-order valence-electron chi connectivity index (χ3n) is 3.37. The summed E-state index contributed by atoms with van der Waals surface area (Å²) in [5.41, 5.74) is 0. The molecule has 7 nitrogen and oxygen atoms in total. The summed E-state index contributed by atoms with van der Waals surface area (Å²) < 4.78 is 10.0. The molecule has 0 atom stereocenters. The number of aromatic nitrogens is 3. The van der Waals surface area contributed by atoms with Gasteiger partial charge in [0.25, 0.3) is 0 Å². The average Bonchev–Trinajstić information content (AvgIpc) is 2.75. The zero-order valence-electron chi connectivity index (χ0n) is 12.3. The van der Waals surface area contributed by atoms with Crippen LogP contribution in [-0.4, -0.2) is 60.3 Å². The van der Waals surface area contributed by atoms with Crippen molar-refractivity contribution in [2.75, 3.05) is 45.7 Å². The minimum atomic E-state index is 0.258. The van der Waals surface area contributed by atoms with Gasteiger partial charge in [-0.05, 0) is 25.9 Å². The lowest BCUT2D eigenvalue weighted by Crippen LogP contribution is -2.30. The highest BCUT2D eigenvalue weighted by molar-refractivity contribution is 5.27. The quantitative estimate of drug-likeness (QED) is 0.839. The fraction of sp³-hybridized carbons (Fsp3) is 0.769. The maximum atomic E-state index is 5.02. The van der Waals surface area contributed by atoms with Gasteiger partial charge in [0.1, 0.15) is 0 Å². The third kappa shape index (κ3) is 4.48. The van der Waals surface area contributed by atoms with Crippen LogP contribution in [0, 0.1) is 0 Å². The second-order valence-corrected chi connectivity index (χ2v) is 4.82. The largest absolute Gasteiger partial charge is 0.467 e. The molecule has 2 heterocycles. The first kappa shape index (κ1) is 14.8. The summed E-state index contributed by atoms with van der Waals surface area (Å²) in [5, 5.41) is 3.20. The summed E-state index contributed by atoms with van der Waals surface area (Å²) in [6.45, 7) is 4.17. The molecule has 1 aliphatic heterocycles. The van der Waals surface area contributed by atoms with Crippen molar-refractivity contribution in [2.24, 2.45) is 0 Å². The maximum Gasteiger partial charge on any atom is 0.324 e. The molecule has 0 unspecified atom stereocenters. The molecule has 112 valence electrons. The molecule has 2 rings (SSSR count). The number of likely N-dealkylation sites (tertiary alicyclic amines) is 1. The molecular weight excluding hydrogens is 258 g/mol.